The monoisotopic (exact) mass is 708 g/mol. The van der Waals surface area contributed by atoms with Gasteiger partial charge in [-0.1, -0.05) is 127 Å². The molecule has 1 unspecified atom stereocenters. The van der Waals surface area contributed by atoms with E-state index in [1.165, 1.54) is 5.57 Å². The van der Waals surface area contributed by atoms with E-state index in [9.17, 15) is 5.41 Å². The molecule has 6 nitrogen and oxygen atoms in total. The van der Waals surface area contributed by atoms with E-state index in [4.69, 9.17) is 15.0 Å². The van der Waals surface area contributed by atoms with Crippen LogP contribution in [-0.2, 0) is 0 Å². The number of aromatic nitrogens is 4. The number of allylic oxidation sites excluding steroid dienone is 4. The van der Waals surface area contributed by atoms with E-state index in [0.29, 0.717) is 23.2 Å². The number of benzene rings is 6. The van der Waals surface area contributed by atoms with Gasteiger partial charge >= 0.3 is 0 Å². The fourth-order valence-corrected chi connectivity index (χ4v) is 7.12. The number of para-hydroxylation sites is 1. The summed E-state index contributed by atoms with van der Waals surface area (Å²) in [5, 5.41) is 15.4. The number of rotatable bonds is 9. The molecular weight excluding hydrogens is 673 g/mol. The maximum Gasteiger partial charge on any atom is 0.164 e. The summed E-state index contributed by atoms with van der Waals surface area (Å²) < 4.78 is 0. The van der Waals surface area contributed by atoms with Crippen molar-refractivity contribution in [2.75, 3.05) is 5.32 Å². The Kier molecular flexibility index (Phi) is 9.12. The lowest BCUT2D eigenvalue weighted by molar-refractivity contribution is 0.878. The minimum Gasteiger partial charge on any atom is -0.355 e. The van der Waals surface area contributed by atoms with Crippen molar-refractivity contribution in [1.82, 2.24) is 19.9 Å². The van der Waals surface area contributed by atoms with Crippen LogP contribution in [0, 0.1) is 11.3 Å². The summed E-state index contributed by atoms with van der Waals surface area (Å²) in [6.45, 7) is 0. The second-order valence-corrected chi connectivity index (χ2v) is 13.6. The molecule has 1 aliphatic rings. The minimum atomic E-state index is -0.0817. The summed E-state index contributed by atoms with van der Waals surface area (Å²) in [5.41, 5.74) is 10.6. The molecular formula is C49H36N6. The van der Waals surface area contributed by atoms with Crippen LogP contribution in [0.1, 0.15) is 17.5 Å². The normalized spacial score (nSPS) is 13.7. The van der Waals surface area contributed by atoms with Gasteiger partial charge in [-0.2, -0.15) is 0 Å². The predicted molar refractivity (Wildman–Crippen MR) is 225 cm³/mol. The Balaban J connectivity index is 1.01. The molecule has 0 amide bonds. The first-order valence-corrected chi connectivity index (χ1v) is 18.4. The number of hydrogen-bond acceptors (Lipinski definition) is 6. The minimum absolute atomic E-state index is 0.0817. The summed E-state index contributed by atoms with van der Waals surface area (Å²) in [6, 6.07) is 53.7. The molecule has 0 saturated heterocycles. The Hall–Kier alpha value is -7.31. The molecule has 0 aliphatic heterocycles. The Morgan fingerprint density at radius 2 is 1.07 bits per heavy atom. The van der Waals surface area contributed by atoms with Gasteiger partial charge in [0, 0.05) is 57.7 Å². The first kappa shape index (κ1) is 33.5. The maximum atomic E-state index is 9.54. The van der Waals surface area contributed by atoms with Crippen molar-refractivity contribution in [2.24, 2.45) is 5.92 Å². The zero-order valence-electron chi connectivity index (χ0n) is 30.0. The topological polar surface area (TPSA) is 87.4 Å². The van der Waals surface area contributed by atoms with Crippen molar-refractivity contribution < 1.29 is 0 Å². The van der Waals surface area contributed by atoms with Gasteiger partial charge in [-0.25, -0.2) is 15.0 Å². The average molecular weight is 709 g/mol. The summed E-state index contributed by atoms with van der Waals surface area (Å²) >= 11 is 0. The molecule has 2 N–H and O–H groups in total. The highest BCUT2D eigenvalue weighted by molar-refractivity contribution is 6.10. The number of nitrogens with one attached hydrogen (secondary N) is 2. The van der Waals surface area contributed by atoms with Gasteiger partial charge in [0.05, 0.1) is 0 Å². The first-order chi connectivity index (χ1) is 27.1. The lowest BCUT2D eigenvalue weighted by atomic mass is 9.83. The maximum absolute atomic E-state index is 9.54. The van der Waals surface area contributed by atoms with Gasteiger partial charge in [0.15, 0.2) is 17.5 Å². The van der Waals surface area contributed by atoms with Crippen LogP contribution in [0.3, 0.4) is 0 Å². The lowest BCUT2D eigenvalue weighted by Gasteiger charge is -2.23. The highest BCUT2D eigenvalue weighted by Gasteiger charge is 2.22. The third kappa shape index (κ3) is 7.21. The fourth-order valence-electron chi connectivity index (χ4n) is 7.12. The molecule has 2 aromatic heterocycles. The largest absolute Gasteiger partial charge is 0.355 e. The van der Waals surface area contributed by atoms with Crippen molar-refractivity contribution in [1.29, 1.82) is 5.41 Å². The molecule has 0 bridgehead atoms. The molecule has 0 spiro atoms. The van der Waals surface area contributed by atoms with Crippen molar-refractivity contribution >= 4 is 33.4 Å². The van der Waals surface area contributed by atoms with E-state index in [1.54, 1.807) is 12.4 Å². The van der Waals surface area contributed by atoms with Crippen LogP contribution in [-0.4, -0.2) is 25.6 Å². The lowest BCUT2D eigenvalue weighted by Crippen LogP contribution is -2.16. The number of pyridine rings is 1. The number of anilines is 2. The highest BCUT2D eigenvalue weighted by Crippen LogP contribution is 2.36. The van der Waals surface area contributed by atoms with Crippen molar-refractivity contribution in [3.8, 4) is 45.3 Å². The highest BCUT2D eigenvalue weighted by atomic mass is 15.0. The molecule has 0 fully saturated rings. The summed E-state index contributed by atoms with van der Waals surface area (Å²) in [6.07, 6.45) is 10.7. The van der Waals surface area contributed by atoms with Crippen molar-refractivity contribution in [2.45, 2.75) is 6.42 Å². The number of hydrogen-bond donors (Lipinski definition) is 2. The van der Waals surface area contributed by atoms with E-state index in [2.05, 4.69) is 120 Å². The third-order valence-electron chi connectivity index (χ3n) is 9.97. The van der Waals surface area contributed by atoms with Crippen molar-refractivity contribution in [3.05, 3.63) is 199 Å². The van der Waals surface area contributed by atoms with Crippen LogP contribution in [0.25, 0.3) is 61.6 Å². The molecule has 0 radical (unpaired) electrons. The fraction of sp³-hybridized carbons (Fsp3) is 0.0408. The molecule has 1 atom stereocenters. The van der Waals surface area contributed by atoms with Gasteiger partial charge in [0.2, 0.25) is 0 Å². The van der Waals surface area contributed by atoms with E-state index >= 15 is 0 Å². The van der Waals surface area contributed by atoms with Crippen LogP contribution in [0.2, 0.25) is 0 Å². The Morgan fingerprint density at radius 3 is 1.78 bits per heavy atom. The standard InChI is InChI=1S/C49H36N6/c50-46(44-31-39-14-7-8-15-40(39)32-45(44)52-43-22-5-2-6-23-43)41-20-10-18-37(29-41)35-16-9-17-36(28-35)38-19-11-21-42(30-38)49-54-47(33-12-3-1-4-13-33)53-48(55-49)34-24-26-51-27-25-34/h1-28,30-32,41,50,52H,29H2. The van der Waals surface area contributed by atoms with E-state index in [1.807, 2.05) is 66.7 Å². The van der Waals surface area contributed by atoms with Crippen LogP contribution in [0.15, 0.2) is 188 Å². The zero-order chi connectivity index (χ0) is 37.0. The first-order valence-electron chi connectivity index (χ1n) is 18.4. The summed E-state index contributed by atoms with van der Waals surface area (Å²) in [7, 11) is 0. The molecule has 6 heteroatoms. The van der Waals surface area contributed by atoms with Crippen molar-refractivity contribution in [3.63, 3.8) is 0 Å². The SMILES string of the molecule is N=C(c1cc2ccccc2cc1Nc1ccccc1)C1C=CC=C(c2cccc(-c3cccc(-c4nc(-c5ccccc5)nc(-c5ccncc5)n4)c3)c2)C1. The van der Waals surface area contributed by atoms with Gasteiger partial charge in [0.1, 0.15) is 0 Å². The van der Waals surface area contributed by atoms with E-state index < -0.39 is 0 Å². The van der Waals surface area contributed by atoms with Crippen LogP contribution >= 0.6 is 0 Å². The second-order valence-electron chi connectivity index (χ2n) is 13.6. The smallest absolute Gasteiger partial charge is 0.164 e. The molecule has 8 aromatic rings. The van der Waals surface area contributed by atoms with E-state index in [0.717, 1.165) is 67.5 Å². The number of nitrogens with zero attached hydrogens (tertiary/aromatic N) is 4. The van der Waals surface area contributed by atoms with Gasteiger partial charge in [-0.05, 0) is 88.0 Å². The molecule has 1 aliphatic carbocycles. The van der Waals surface area contributed by atoms with Crippen LogP contribution in [0.5, 0.6) is 0 Å². The molecule has 262 valence electrons. The molecule has 6 aromatic carbocycles. The quantitative estimate of drug-likeness (QED) is 0.146. The van der Waals surface area contributed by atoms with Gasteiger partial charge in [0.25, 0.3) is 0 Å². The van der Waals surface area contributed by atoms with Gasteiger partial charge in [-0.3, -0.25) is 4.98 Å². The summed E-state index contributed by atoms with van der Waals surface area (Å²) in [4.78, 5) is 18.9. The van der Waals surface area contributed by atoms with Crippen LogP contribution < -0.4 is 5.32 Å². The Morgan fingerprint density at radius 1 is 0.527 bits per heavy atom. The second kappa shape index (κ2) is 15.0. The third-order valence-corrected chi connectivity index (χ3v) is 9.97. The average Bonchev–Trinajstić information content (AvgIpc) is 3.27. The van der Waals surface area contributed by atoms with Gasteiger partial charge in [-0.15, -0.1) is 0 Å². The van der Waals surface area contributed by atoms with Crippen LogP contribution in [0.4, 0.5) is 11.4 Å². The molecule has 0 saturated carbocycles. The van der Waals surface area contributed by atoms with E-state index in [-0.39, 0.29) is 5.92 Å². The molecule has 2 heterocycles. The molecule has 55 heavy (non-hydrogen) atoms. The molecule has 9 rings (SSSR count). The zero-order valence-corrected chi connectivity index (χ0v) is 30.0. The Bertz CT molecular complexity index is 2660. The summed E-state index contributed by atoms with van der Waals surface area (Å²) in [5.74, 6) is 1.74. The van der Waals surface area contributed by atoms with Gasteiger partial charge < -0.3 is 10.7 Å². The predicted octanol–water partition coefficient (Wildman–Crippen LogP) is 11.9. The number of fused-ring (bicyclic) bond motifs is 1. The Labute approximate surface area is 320 Å².